The average molecular weight is 287 g/mol. The maximum Gasteiger partial charge on any atom is 0.221 e. The molecule has 0 aliphatic heterocycles. The molecule has 112 valence electrons. The molecular formula is C16H21N3O2. The van der Waals surface area contributed by atoms with Crippen molar-refractivity contribution in [2.45, 2.75) is 13.0 Å². The molecule has 1 aromatic heterocycles. The SMILES string of the molecule is COCCNC(=O)CCNCc1ccc2ccccc2n1. The van der Waals surface area contributed by atoms with Gasteiger partial charge >= 0.3 is 0 Å². The Balaban J connectivity index is 1.71. The number of amides is 1. The van der Waals surface area contributed by atoms with E-state index in [1.54, 1.807) is 7.11 Å². The number of pyridine rings is 1. The first kappa shape index (κ1) is 15.4. The molecule has 0 aliphatic carbocycles. The predicted molar refractivity (Wildman–Crippen MR) is 83.0 cm³/mol. The van der Waals surface area contributed by atoms with E-state index in [0.717, 1.165) is 16.6 Å². The maximum absolute atomic E-state index is 11.5. The quantitative estimate of drug-likeness (QED) is 0.722. The third-order valence-electron chi connectivity index (χ3n) is 3.12. The van der Waals surface area contributed by atoms with Crippen molar-refractivity contribution < 1.29 is 9.53 Å². The second-order valence-electron chi connectivity index (χ2n) is 4.76. The topological polar surface area (TPSA) is 63.2 Å². The van der Waals surface area contributed by atoms with E-state index in [0.29, 0.717) is 32.7 Å². The molecule has 0 radical (unpaired) electrons. The molecule has 0 saturated carbocycles. The number of carbonyl (C=O) groups excluding carboxylic acids is 1. The van der Waals surface area contributed by atoms with Crippen LogP contribution in [0.2, 0.25) is 0 Å². The fourth-order valence-corrected chi connectivity index (χ4v) is 2.01. The van der Waals surface area contributed by atoms with Crippen LogP contribution >= 0.6 is 0 Å². The highest BCUT2D eigenvalue weighted by atomic mass is 16.5. The molecule has 1 aromatic carbocycles. The Kier molecular flexibility index (Phi) is 6.12. The summed E-state index contributed by atoms with van der Waals surface area (Å²) in [6.07, 6.45) is 0.456. The summed E-state index contributed by atoms with van der Waals surface area (Å²) in [7, 11) is 1.62. The number of ether oxygens (including phenoxy) is 1. The highest BCUT2D eigenvalue weighted by Gasteiger charge is 2.01. The van der Waals surface area contributed by atoms with Crippen molar-refractivity contribution in [1.29, 1.82) is 0 Å². The van der Waals surface area contributed by atoms with Crippen LogP contribution in [0, 0.1) is 0 Å². The zero-order valence-electron chi connectivity index (χ0n) is 12.3. The first-order valence-electron chi connectivity index (χ1n) is 7.10. The molecule has 2 N–H and O–H groups in total. The molecule has 0 bridgehead atoms. The van der Waals surface area contributed by atoms with E-state index in [1.165, 1.54) is 0 Å². The fourth-order valence-electron chi connectivity index (χ4n) is 2.01. The van der Waals surface area contributed by atoms with Crippen molar-refractivity contribution in [3.8, 4) is 0 Å². The van der Waals surface area contributed by atoms with Gasteiger partial charge in [0.05, 0.1) is 17.8 Å². The minimum atomic E-state index is 0.0334. The Labute approximate surface area is 124 Å². The van der Waals surface area contributed by atoms with Gasteiger partial charge < -0.3 is 15.4 Å². The number of fused-ring (bicyclic) bond motifs is 1. The molecule has 2 rings (SSSR count). The maximum atomic E-state index is 11.5. The molecule has 0 fully saturated rings. The average Bonchev–Trinajstić information content (AvgIpc) is 2.52. The summed E-state index contributed by atoms with van der Waals surface area (Å²) in [5.74, 6) is 0.0334. The summed E-state index contributed by atoms with van der Waals surface area (Å²) in [6.45, 7) is 2.39. The third kappa shape index (κ3) is 5.13. The number of nitrogens with zero attached hydrogens (tertiary/aromatic N) is 1. The summed E-state index contributed by atoms with van der Waals surface area (Å²) < 4.78 is 4.87. The number of carbonyl (C=O) groups is 1. The molecule has 1 heterocycles. The van der Waals surface area contributed by atoms with Gasteiger partial charge in [0, 0.05) is 38.6 Å². The zero-order chi connectivity index (χ0) is 14.9. The molecule has 0 unspecified atom stereocenters. The minimum absolute atomic E-state index is 0.0334. The molecule has 5 heteroatoms. The molecule has 21 heavy (non-hydrogen) atoms. The monoisotopic (exact) mass is 287 g/mol. The van der Waals surface area contributed by atoms with Gasteiger partial charge in [0.15, 0.2) is 0 Å². The van der Waals surface area contributed by atoms with Gasteiger partial charge in [0.1, 0.15) is 0 Å². The van der Waals surface area contributed by atoms with Crippen LogP contribution in [-0.4, -0.2) is 37.7 Å². The first-order chi connectivity index (χ1) is 10.3. The van der Waals surface area contributed by atoms with Crippen molar-refractivity contribution in [3.05, 3.63) is 42.1 Å². The Morgan fingerprint density at radius 1 is 1.19 bits per heavy atom. The van der Waals surface area contributed by atoms with Crippen LogP contribution in [0.3, 0.4) is 0 Å². The predicted octanol–water partition coefficient (Wildman–Crippen LogP) is 1.48. The Morgan fingerprint density at radius 3 is 2.90 bits per heavy atom. The summed E-state index contributed by atoms with van der Waals surface area (Å²) >= 11 is 0. The largest absolute Gasteiger partial charge is 0.383 e. The standard InChI is InChI=1S/C16H21N3O2/c1-21-11-10-18-16(20)8-9-17-12-14-7-6-13-4-2-3-5-15(13)19-14/h2-7,17H,8-12H2,1H3,(H,18,20). The lowest BCUT2D eigenvalue weighted by molar-refractivity contribution is -0.121. The van der Waals surface area contributed by atoms with Gasteiger partial charge in [-0.1, -0.05) is 24.3 Å². The van der Waals surface area contributed by atoms with Gasteiger partial charge in [-0.3, -0.25) is 9.78 Å². The molecule has 0 spiro atoms. The van der Waals surface area contributed by atoms with Crippen molar-refractivity contribution in [2.75, 3.05) is 26.8 Å². The summed E-state index contributed by atoms with van der Waals surface area (Å²) in [5.41, 5.74) is 1.97. The van der Waals surface area contributed by atoms with Crippen molar-refractivity contribution in [3.63, 3.8) is 0 Å². The van der Waals surface area contributed by atoms with Crippen LogP contribution < -0.4 is 10.6 Å². The number of rotatable bonds is 8. The molecule has 5 nitrogen and oxygen atoms in total. The van der Waals surface area contributed by atoms with E-state index in [4.69, 9.17) is 4.74 Å². The normalized spacial score (nSPS) is 10.7. The van der Waals surface area contributed by atoms with Gasteiger partial charge in [0.2, 0.25) is 5.91 Å². The van der Waals surface area contributed by atoms with E-state index in [2.05, 4.69) is 21.7 Å². The number of methoxy groups -OCH3 is 1. The zero-order valence-corrected chi connectivity index (χ0v) is 12.3. The Bertz CT molecular complexity index is 586. The van der Waals surface area contributed by atoms with Crippen LogP contribution in [0.15, 0.2) is 36.4 Å². The molecule has 0 aliphatic rings. The summed E-state index contributed by atoms with van der Waals surface area (Å²) in [4.78, 5) is 16.1. The molecule has 0 atom stereocenters. The molecule has 1 amide bonds. The smallest absolute Gasteiger partial charge is 0.221 e. The van der Waals surface area contributed by atoms with Crippen molar-refractivity contribution in [2.24, 2.45) is 0 Å². The van der Waals surface area contributed by atoms with E-state index >= 15 is 0 Å². The number of hydrogen-bond donors (Lipinski definition) is 2. The van der Waals surface area contributed by atoms with E-state index < -0.39 is 0 Å². The van der Waals surface area contributed by atoms with Crippen LogP contribution in [-0.2, 0) is 16.1 Å². The number of hydrogen-bond acceptors (Lipinski definition) is 4. The highest BCUT2D eigenvalue weighted by molar-refractivity contribution is 5.78. The van der Waals surface area contributed by atoms with Gasteiger partial charge in [-0.25, -0.2) is 0 Å². The third-order valence-corrected chi connectivity index (χ3v) is 3.12. The summed E-state index contributed by atoms with van der Waals surface area (Å²) in [6, 6.07) is 12.1. The Hall–Kier alpha value is -1.98. The fraction of sp³-hybridized carbons (Fsp3) is 0.375. The van der Waals surface area contributed by atoms with E-state index in [1.807, 2.05) is 30.3 Å². The first-order valence-corrected chi connectivity index (χ1v) is 7.10. The van der Waals surface area contributed by atoms with E-state index in [-0.39, 0.29) is 5.91 Å². The number of nitrogens with one attached hydrogen (secondary N) is 2. The van der Waals surface area contributed by atoms with Crippen molar-refractivity contribution in [1.82, 2.24) is 15.6 Å². The molecular weight excluding hydrogens is 266 g/mol. The van der Waals surface area contributed by atoms with Crippen LogP contribution in [0.4, 0.5) is 0 Å². The van der Waals surface area contributed by atoms with Crippen LogP contribution in [0.5, 0.6) is 0 Å². The van der Waals surface area contributed by atoms with Gasteiger partial charge in [-0.2, -0.15) is 0 Å². The van der Waals surface area contributed by atoms with Crippen molar-refractivity contribution >= 4 is 16.8 Å². The number of benzene rings is 1. The number of para-hydroxylation sites is 1. The van der Waals surface area contributed by atoms with Gasteiger partial charge in [-0.15, -0.1) is 0 Å². The minimum Gasteiger partial charge on any atom is -0.383 e. The second kappa shape index (κ2) is 8.34. The van der Waals surface area contributed by atoms with Gasteiger partial charge in [-0.05, 0) is 12.1 Å². The highest BCUT2D eigenvalue weighted by Crippen LogP contribution is 2.11. The van der Waals surface area contributed by atoms with Crippen LogP contribution in [0.25, 0.3) is 10.9 Å². The van der Waals surface area contributed by atoms with Crippen LogP contribution in [0.1, 0.15) is 12.1 Å². The van der Waals surface area contributed by atoms with E-state index in [9.17, 15) is 4.79 Å². The lowest BCUT2D eigenvalue weighted by Gasteiger charge is -2.06. The Morgan fingerprint density at radius 2 is 2.05 bits per heavy atom. The lowest BCUT2D eigenvalue weighted by atomic mass is 10.2. The molecule has 0 saturated heterocycles. The second-order valence-corrected chi connectivity index (χ2v) is 4.76. The lowest BCUT2D eigenvalue weighted by Crippen LogP contribution is -2.30. The summed E-state index contributed by atoms with van der Waals surface area (Å²) in [5, 5.41) is 7.16. The molecule has 2 aromatic rings. The number of aromatic nitrogens is 1. The van der Waals surface area contributed by atoms with Gasteiger partial charge in [0.25, 0.3) is 0 Å².